The first-order valence-corrected chi connectivity index (χ1v) is 12.6. The molecule has 1 aliphatic carbocycles. The zero-order valence-electron chi connectivity index (χ0n) is 20.9. The molecule has 0 saturated heterocycles. The first-order valence-electron chi connectivity index (χ1n) is 12.6. The molecule has 1 heterocycles. The van der Waals surface area contributed by atoms with Crippen LogP contribution in [-0.4, -0.2) is 53.2 Å². The Balaban J connectivity index is 1.22. The van der Waals surface area contributed by atoms with Gasteiger partial charge in [-0.25, -0.2) is 14.0 Å². The third kappa shape index (κ3) is 7.44. The molecule has 0 spiro atoms. The summed E-state index contributed by atoms with van der Waals surface area (Å²) in [5, 5.41) is 16.2. The zero-order chi connectivity index (χ0) is 27.1. The number of hydrogen-bond acceptors (Lipinski definition) is 5. The van der Waals surface area contributed by atoms with Gasteiger partial charge >= 0.3 is 18.1 Å². The van der Waals surface area contributed by atoms with Crippen LogP contribution >= 0.6 is 0 Å². The van der Waals surface area contributed by atoms with Gasteiger partial charge in [-0.05, 0) is 73.4 Å². The summed E-state index contributed by atoms with van der Waals surface area (Å²) in [5.41, 5.74) is 2.64. The van der Waals surface area contributed by atoms with Gasteiger partial charge in [0.05, 0.1) is 5.69 Å². The van der Waals surface area contributed by atoms with Crippen molar-refractivity contribution in [1.29, 1.82) is 0 Å². The maximum atomic E-state index is 13.8. The number of halogens is 1. The summed E-state index contributed by atoms with van der Waals surface area (Å²) >= 11 is 0. The van der Waals surface area contributed by atoms with Crippen molar-refractivity contribution in [3.8, 4) is 0 Å². The second-order valence-corrected chi connectivity index (χ2v) is 9.62. The molecule has 0 unspecified atom stereocenters. The summed E-state index contributed by atoms with van der Waals surface area (Å²) in [4.78, 5) is 49.1. The van der Waals surface area contributed by atoms with Crippen LogP contribution in [0.5, 0.6) is 0 Å². The van der Waals surface area contributed by atoms with E-state index < -0.39 is 17.8 Å². The van der Waals surface area contributed by atoms with Crippen LogP contribution in [0.2, 0.25) is 0 Å². The molecule has 38 heavy (non-hydrogen) atoms. The molecule has 4 N–H and O–H groups in total. The summed E-state index contributed by atoms with van der Waals surface area (Å²) in [6, 6.07) is 10.8. The first-order chi connectivity index (χ1) is 18.3. The van der Waals surface area contributed by atoms with E-state index in [0.717, 1.165) is 24.0 Å². The van der Waals surface area contributed by atoms with Crippen molar-refractivity contribution in [3.63, 3.8) is 0 Å². The molecule has 0 aromatic heterocycles. The van der Waals surface area contributed by atoms with Crippen molar-refractivity contribution in [3.05, 3.63) is 59.4 Å². The average Bonchev–Trinajstić information content (AvgIpc) is 2.89. The Kier molecular flexibility index (Phi) is 8.77. The number of carbonyl (C=O) groups is 4. The molecule has 1 aliphatic heterocycles. The van der Waals surface area contributed by atoms with Crippen LogP contribution in [0.4, 0.5) is 25.4 Å². The number of carbonyl (C=O) groups excluding carboxylic acids is 3. The quantitative estimate of drug-likeness (QED) is 0.429. The van der Waals surface area contributed by atoms with E-state index in [1.54, 1.807) is 23.1 Å². The lowest BCUT2D eigenvalue weighted by Gasteiger charge is -2.32. The van der Waals surface area contributed by atoms with Crippen molar-refractivity contribution in [2.45, 2.75) is 51.2 Å². The van der Waals surface area contributed by atoms with E-state index in [4.69, 9.17) is 9.84 Å². The fraction of sp³-hybridized carbons (Fsp3) is 0.407. The molecule has 2 aromatic rings. The van der Waals surface area contributed by atoms with E-state index in [-0.39, 0.29) is 42.7 Å². The number of anilines is 2. The third-order valence-electron chi connectivity index (χ3n) is 6.83. The van der Waals surface area contributed by atoms with E-state index >= 15 is 0 Å². The minimum atomic E-state index is -1.07. The molecule has 0 radical (unpaired) electrons. The Morgan fingerprint density at radius 1 is 1.00 bits per heavy atom. The second kappa shape index (κ2) is 12.4. The summed E-state index contributed by atoms with van der Waals surface area (Å²) in [7, 11) is 0. The predicted octanol–water partition coefficient (Wildman–Crippen LogP) is 4.11. The van der Waals surface area contributed by atoms with Crippen LogP contribution in [0, 0.1) is 11.7 Å². The van der Waals surface area contributed by atoms with E-state index in [1.165, 1.54) is 12.1 Å². The van der Waals surface area contributed by atoms with Crippen molar-refractivity contribution < 1.29 is 33.4 Å². The van der Waals surface area contributed by atoms with Gasteiger partial charge < -0.3 is 30.7 Å². The number of amides is 4. The molecule has 4 amide bonds. The number of hydrogen-bond donors (Lipinski definition) is 4. The van der Waals surface area contributed by atoms with Gasteiger partial charge in [-0.1, -0.05) is 18.2 Å². The maximum absolute atomic E-state index is 13.8. The van der Waals surface area contributed by atoms with Gasteiger partial charge in [0.2, 0.25) is 5.91 Å². The fourth-order valence-corrected chi connectivity index (χ4v) is 4.81. The number of rotatable bonds is 7. The van der Waals surface area contributed by atoms with Gasteiger partial charge in [0.25, 0.3) is 0 Å². The normalized spacial score (nSPS) is 18.6. The van der Waals surface area contributed by atoms with Crippen LogP contribution in [0.1, 0.15) is 43.2 Å². The highest BCUT2D eigenvalue weighted by Crippen LogP contribution is 2.30. The van der Waals surface area contributed by atoms with E-state index in [2.05, 4.69) is 16.0 Å². The molecular weight excluding hydrogens is 495 g/mol. The molecule has 2 aliphatic rings. The van der Waals surface area contributed by atoms with E-state index in [9.17, 15) is 23.6 Å². The van der Waals surface area contributed by atoms with Crippen LogP contribution in [0.3, 0.4) is 0 Å². The Labute approximate surface area is 219 Å². The number of urea groups is 1. The van der Waals surface area contributed by atoms with Crippen molar-refractivity contribution in [2.75, 3.05) is 23.7 Å². The summed E-state index contributed by atoms with van der Waals surface area (Å²) in [6.45, 7) is 0.498. The Bertz CT molecular complexity index is 1200. The van der Waals surface area contributed by atoms with E-state index in [0.29, 0.717) is 38.0 Å². The average molecular weight is 527 g/mol. The molecule has 2 aromatic carbocycles. The Hall–Kier alpha value is -4.15. The van der Waals surface area contributed by atoms with E-state index in [1.807, 2.05) is 12.1 Å². The number of aliphatic carboxylic acids is 1. The number of para-hydroxylation sites is 1. The molecule has 11 heteroatoms. The smallest absolute Gasteiger partial charge is 0.410 e. The summed E-state index contributed by atoms with van der Waals surface area (Å²) in [5.74, 6) is -1.72. The minimum Gasteiger partial charge on any atom is -0.480 e. The minimum absolute atomic E-state index is 0.0897. The zero-order valence-corrected chi connectivity index (χ0v) is 20.9. The van der Waals surface area contributed by atoms with Gasteiger partial charge in [-0.15, -0.1) is 0 Å². The molecule has 4 rings (SSSR count). The van der Waals surface area contributed by atoms with Crippen LogP contribution in [0.15, 0.2) is 42.5 Å². The predicted molar refractivity (Wildman–Crippen MR) is 137 cm³/mol. The first kappa shape index (κ1) is 26.9. The number of benzene rings is 2. The Morgan fingerprint density at radius 2 is 1.76 bits per heavy atom. The summed E-state index contributed by atoms with van der Waals surface area (Å²) < 4.78 is 19.5. The number of nitrogens with one attached hydrogen (secondary N) is 3. The molecule has 0 atom stereocenters. The molecule has 10 nitrogen and oxygen atoms in total. The fourth-order valence-electron chi connectivity index (χ4n) is 4.81. The van der Waals surface area contributed by atoms with Crippen molar-refractivity contribution >= 4 is 35.4 Å². The van der Waals surface area contributed by atoms with Crippen LogP contribution in [-0.2, 0) is 27.3 Å². The largest absolute Gasteiger partial charge is 0.480 e. The molecule has 202 valence electrons. The lowest BCUT2D eigenvalue weighted by molar-refractivity contribution is -0.138. The highest BCUT2D eigenvalue weighted by molar-refractivity contribution is 5.99. The van der Waals surface area contributed by atoms with Crippen molar-refractivity contribution in [1.82, 2.24) is 10.2 Å². The van der Waals surface area contributed by atoms with Gasteiger partial charge in [-0.2, -0.15) is 0 Å². The molecule has 1 saturated carbocycles. The van der Waals surface area contributed by atoms with Crippen LogP contribution in [0.25, 0.3) is 0 Å². The van der Waals surface area contributed by atoms with Gasteiger partial charge in [-0.3, -0.25) is 9.59 Å². The van der Waals surface area contributed by atoms with Gasteiger partial charge in [0, 0.05) is 25.2 Å². The number of carboxylic acid groups (broad SMARTS) is 1. The monoisotopic (exact) mass is 526 g/mol. The topological polar surface area (TPSA) is 137 Å². The number of fused-ring (bicyclic) bond motifs is 1. The maximum Gasteiger partial charge on any atom is 0.410 e. The third-order valence-corrected chi connectivity index (χ3v) is 6.83. The highest BCUT2D eigenvalue weighted by Gasteiger charge is 2.29. The summed E-state index contributed by atoms with van der Waals surface area (Å²) in [6.07, 6.45) is 3.11. The number of carboxylic acids is 1. The Morgan fingerprint density at radius 3 is 2.50 bits per heavy atom. The lowest BCUT2D eigenvalue weighted by atomic mass is 9.85. The van der Waals surface area contributed by atoms with Crippen molar-refractivity contribution in [2.24, 2.45) is 5.92 Å². The number of ether oxygens (including phenoxy) is 1. The van der Waals surface area contributed by atoms with Gasteiger partial charge in [0.15, 0.2) is 0 Å². The lowest BCUT2D eigenvalue weighted by Crippen LogP contribution is -2.39. The van der Waals surface area contributed by atoms with Crippen LogP contribution < -0.4 is 16.0 Å². The standard InChI is InChI=1S/C27H31FN4O6/c28-22-3-1-2-4-23(22)31-26(36)30-20-8-7-19-16-32(12-11-18(19)14-20)27(37)38-21-9-5-17(6-10-21)13-24(33)29-15-25(34)35/h1-4,7-8,14,17,21H,5-6,9-13,15-16H2,(H,29,33)(H,34,35)(H2,30,31,36)/t17-,21-. The molecular formula is C27H31FN4O6. The highest BCUT2D eigenvalue weighted by atomic mass is 19.1. The van der Waals surface area contributed by atoms with Gasteiger partial charge in [0.1, 0.15) is 18.5 Å². The number of nitrogens with zero attached hydrogens (tertiary/aromatic N) is 1. The molecule has 1 fully saturated rings. The molecule has 0 bridgehead atoms. The second-order valence-electron chi connectivity index (χ2n) is 9.62. The SMILES string of the molecule is O=C(O)CNC(=O)C[C@H]1CC[C@H](OC(=O)N2CCc3cc(NC(=O)Nc4ccccc4F)ccc3C2)CC1.